The molecule has 5 heteroatoms. The molecule has 0 bridgehead atoms. The summed E-state index contributed by atoms with van der Waals surface area (Å²) in [4.78, 5) is 6.68. The Balaban J connectivity index is 1.50. The van der Waals surface area contributed by atoms with Crippen molar-refractivity contribution in [2.75, 3.05) is 23.3 Å². The number of nitrogens with one attached hydrogen (secondary N) is 2. The molecule has 0 saturated carbocycles. The maximum absolute atomic E-state index is 5.32. The van der Waals surface area contributed by atoms with Crippen molar-refractivity contribution in [3.8, 4) is 0 Å². The Bertz CT molecular complexity index is 663. The largest absolute Gasteiger partial charge is 0.372 e. The van der Waals surface area contributed by atoms with Gasteiger partial charge < -0.3 is 15.5 Å². The molecule has 1 aliphatic heterocycles. The molecule has 4 nitrogen and oxygen atoms in total. The van der Waals surface area contributed by atoms with Crippen molar-refractivity contribution < 1.29 is 0 Å². The van der Waals surface area contributed by atoms with E-state index in [-0.39, 0.29) is 0 Å². The van der Waals surface area contributed by atoms with Gasteiger partial charge in [-0.2, -0.15) is 0 Å². The van der Waals surface area contributed by atoms with Crippen LogP contribution in [0.15, 0.2) is 42.6 Å². The molecule has 1 aromatic carbocycles. The molecule has 1 fully saturated rings. The highest BCUT2D eigenvalue weighted by Gasteiger charge is 2.11. The van der Waals surface area contributed by atoms with E-state index in [0.717, 1.165) is 11.4 Å². The average molecular weight is 326 g/mol. The summed E-state index contributed by atoms with van der Waals surface area (Å²) in [5, 5.41) is 6.92. The second kappa shape index (κ2) is 7.42. The average Bonchev–Trinajstić information content (AvgIpc) is 3.08. The van der Waals surface area contributed by atoms with Gasteiger partial charge in [-0.1, -0.05) is 12.1 Å². The molecule has 0 unspecified atom stereocenters. The van der Waals surface area contributed by atoms with Crippen molar-refractivity contribution in [2.45, 2.75) is 26.3 Å². The molecule has 0 radical (unpaired) electrons. The van der Waals surface area contributed by atoms with Crippen LogP contribution >= 0.6 is 12.2 Å². The second-order valence-corrected chi connectivity index (χ2v) is 6.29. The molecule has 120 valence electrons. The molecule has 2 N–H and O–H groups in total. The summed E-state index contributed by atoms with van der Waals surface area (Å²) < 4.78 is 0. The van der Waals surface area contributed by atoms with Crippen LogP contribution in [0, 0.1) is 6.92 Å². The fourth-order valence-corrected chi connectivity index (χ4v) is 2.92. The van der Waals surface area contributed by atoms with E-state index < -0.39 is 0 Å². The van der Waals surface area contributed by atoms with Crippen molar-refractivity contribution in [3.05, 3.63) is 53.7 Å². The topological polar surface area (TPSA) is 40.2 Å². The summed E-state index contributed by atoms with van der Waals surface area (Å²) in [7, 11) is 0. The first-order chi connectivity index (χ1) is 11.2. The van der Waals surface area contributed by atoms with Crippen molar-refractivity contribution in [2.24, 2.45) is 0 Å². The van der Waals surface area contributed by atoms with E-state index in [2.05, 4.69) is 44.8 Å². The van der Waals surface area contributed by atoms with Crippen LogP contribution in [-0.4, -0.2) is 23.2 Å². The van der Waals surface area contributed by atoms with E-state index in [0.29, 0.717) is 11.7 Å². The molecule has 0 atom stereocenters. The van der Waals surface area contributed by atoms with E-state index in [1.54, 1.807) is 6.20 Å². The Morgan fingerprint density at radius 1 is 1.17 bits per heavy atom. The number of aromatic nitrogens is 1. The van der Waals surface area contributed by atoms with Gasteiger partial charge in [0.2, 0.25) is 0 Å². The molecule has 0 amide bonds. The number of benzene rings is 1. The predicted octanol–water partition coefficient (Wildman–Crippen LogP) is 3.48. The molecule has 1 aromatic heterocycles. The van der Waals surface area contributed by atoms with Gasteiger partial charge in [0.05, 0.1) is 0 Å². The molecule has 0 spiro atoms. The smallest absolute Gasteiger partial charge is 0.172 e. The van der Waals surface area contributed by atoms with E-state index in [4.69, 9.17) is 12.2 Å². The standard InChI is InChI=1S/C18H22N4S/c1-14-8-9-19-17(12-14)21-18(23)20-13-15-4-6-16(7-5-15)22-10-2-3-11-22/h4-9,12H,2-3,10-11,13H2,1H3,(H2,19,20,21,23). The van der Waals surface area contributed by atoms with E-state index in [9.17, 15) is 0 Å². The van der Waals surface area contributed by atoms with Gasteiger partial charge in [-0.05, 0) is 67.4 Å². The summed E-state index contributed by atoms with van der Waals surface area (Å²) in [6, 6.07) is 12.6. The highest BCUT2D eigenvalue weighted by molar-refractivity contribution is 7.80. The summed E-state index contributed by atoms with van der Waals surface area (Å²) >= 11 is 5.32. The number of hydrogen-bond donors (Lipinski definition) is 2. The van der Waals surface area contributed by atoms with E-state index in [1.807, 2.05) is 19.1 Å². The Morgan fingerprint density at radius 2 is 1.91 bits per heavy atom. The summed E-state index contributed by atoms with van der Waals surface area (Å²) in [5.41, 5.74) is 3.69. The Hall–Kier alpha value is -2.14. The number of aryl methyl sites for hydroxylation is 1. The van der Waals surface area contributed by atoms with Crippen LogP contribution in [-0.2, 0) is 6.54 Å². The third-order valence-corrected chi connectivity index (χ3v) is 4.26. The van der Waals surface area contributed by atoms with Gasteiger partial charge in [-0.25, -0.2) is 4.98 Å². The zero-order valence-electron chi connectivity index (χ0n) is 13.4. The van der Waals surface area contributed by atoms with Crippen LogP contribution < -0.4 is 15.5 Å². The summed E-state index contributed by atoms with van der Waals surface area (Å²) in [5.74, 6) is 0.770. The van der Waals surface area contributed by atoms with Gasteiger partial charge in [0.25, 0.3) is 0 Å². The number of nitrogens with zero attached hydrogens (tertiary/aromatic N) is 2. The van der Waals surface area contributed by atoms with Crippen LogP contribution in [0.4, 0.5) is 11.5 Å². The van der Waals surface area contributed by atoms with Crippen LogP contribution in [0.1, 0.15) is 24.0 Å². The van der Waals surface area contributed by atoms with Gasteiger partial charge in [0, 0.05) is 31.5 Å². The molecule has 2 heterocycles. The fourth-order valence-electron chi connectivity index (χ4n) is 2.75. The van der Waals surface area contributed by atoms with E-state index in [1.165, 1.54) is 37.2 Å². The normalized spacial score (nSPS) is 13.9. The SMILES string of the molecule is Cc1ccnc(NC(=S)NCc2ccc(N3CCCC3)cc2)c1. The zero-order valence-corrected chi connectivity index (χ0v) is 14.2. The predicted molar refractivity (Wildman–Crippen MR) is 99.9 cm³/mol. The monoisotopic (exact) mass is 326 g/mol. The van der Waals surface area contributed by atoms with Crippen LogP contribution in [0.2, 0.25) is 0 Å². The lowest BCUT2D eigenvalue weighted by Crippen LogP contribution is -2.28. The number of hydrogen-bond acceptors (Lipinski definition) is 3. The first kappa shape index (κ1) is 15.7. The number of anilines is 2. The first-order valence-electron chi connectivity index (χ1n) is 8.02. The molecule has 1 saturated heterocycles. The zero-order chi connectivity index (χ0) is 16.1. The molecule has 23 heavy (non-hydrogen) atoms. The first-order valence-corrected chi connectivity index (χ1v) is 8.43. The van der Waals surface area contributed by atoms with Gasteiger partial charge in [0.15, 0.2) is 5.11 Å². The van der Waals surface area contributed by atoms with Crippen molar-refractivity contribution in [1.82, 2.24) is 10.3 Å². The summed E-state index contributed by atoms with van der Waals surface area (Å²) in [6.07, 6.45) is 4.38. The molecule has 2 aromatic rings. The summed E-state index contributed by atoms with van der Waals surface area (Å²) in [6.45, 7) is 5.09. The van der Waals surface area contributed by atoms with Gasteiger partial charge in [-0.3, -0.25) is 0 Å². The number of pyridine rings is 1. The van der Waals surface area contributed by atoms with Gasteiger partial charge >= 0.3 is 0 Å². The highest BCUT2D eigenvalue weighted by atomic mass is 32.1. The lowest BCUT2D eigenvalue weighted by molar-refractivity contribution is 0.920. The number of thiocarbonyl (C=S) groups is 1. The molecule has 1 aliphatic rings. The maximum Gasteiger partial charge on any atom is 0.172 e. The van der Waals surface area contributed by atoms with Crippen LogP contribution in [0.5, 0.6) is 0 Å². The minimum absolute atomic E-state index is 0.590. The third-order valence-electron chi connectivity index (χ3n) is 4.02. The van der Waals surface area contributed by atoms with Gasteiger partial charge in [0.1, 0.15) is 5.82 Å². The van der Waals surface area contributed by atoms with Crippen molar-refractivity contribution in [1.29, 1.82) is 0 Å². The quantitative estimate of drug-likeness (QED) is 0.842. The maximum atomic E-state index is 5.32. The Labute approximate surface area is 142 Å². The molecular weight excluding hydrogens is 304 g/mol. The number of rotatable bonds is 4. The molecule has 3 rings (SSSR count). The van der Waals surface area contributed by atoms with Gasteiger partial charge in [-0.15, -0.1) is 0 Å². The third kappa shape index (κ3) is 4.42. The lowest BCUT2D eigenvalue weighted by Gasteiger charge is -2.18. The van der Waals surface area contributed by atoms with Crippen LogP contribution in [0.3, 0.4) is 0 Å². The Morgan fingerprint density at radius 3 is 2.61 bits per heavy atom. The molecule has 0 aliphatic carbocycles. The minimum Gasteiger partial charge on any atom is -0.372 e. The van der Waals surface area contributed by atoms with Crippen molar-refractivity contribution >= 4 is 28.8 Å². The minimum atomic E-state index is 0.590. The fraction of sp³-hybridized carbons (Fsp3) is 0.333. The molecular formula is C18H22N4S. The highest BCUT2D eigenvalue weighted by Crippen LogP contribution is 2.20. The lowest BCUT2D eigenvalue weighted by atomic mass is 10.2. The Kier molecular flexibility index (Phi) is 5.08. The van der Waals surface area contributed by atoms with Crippen molar-refractivity contribution in [3.63, 3.8) is 0 Å². The second-order valence-electron chi connectivity index (χ2n) is 5.89. The van der Waals surface area contributed by atoms with E-state index >= 15 is 0 Å². The van der Waals surface area contributed by atoms with Crippen LogP contribution in [0.25, 0.3) is 0 Å².